The number of aliphatic hydroxyl groups excluding tert-OH is 1. The first kappa shape index (κ1) is 41.3. The Bertz CT molecular complexity index is 2520. The van der Waals surface area contributed by atoms with E-state index in [0.717, 1.165) is 60.3 Å². The molecule has 0 aliphatic carbocycles. The highest BCUT2D eigenvalue weighted by molar-refractivity contribution is 5.89. The summed E-state index contributed by atoms with van der Waals surface area (Å²) >= 11 is 0. The van der Waals surface area contributed by atoms with Crippen molar-refractivity contribution in [3.05, 3.63) is 177 Å². The number of aliphatic hydroxyl groups is 1. The van der Waals surface area contributed by atoms with Gasteiger partial charge in [0, 0.05) is 24.5 Å². The fraction of sp³-hybridized carbons (Fsp3) is 0.286. The highest BCUT2D eigenvalue weighted by Crippen LogP contribution is 2.31. The standard InChI is InChI=1S/C49H50N4O8/c54-42-17-15-40(41-16-18-45(56)51-47(41)42)43(55)28-50-22-19-32-7-4-8-33(25-32)31-60-48(57)38-13-5-9-34(26-38)30-59-39-14-6-12-37(27-39)46(36-10-2-1-3-11-36)52-49(58)61-44-29-53-23-20-35(44)21-24-53/h1-18,25-27,35,43-44,46,50,54-55H,19-24,28-31H2,(H,51,56)(H,52,58)/t43?,44-,46?/m0/s1. The zero-order chi connectivity index (χ0) is 42.1. The van der Waals surface area contributed by atoms with Crippen LogP contribution < -0.4 is 20.9 Å². The number of aromatic nitrogens is 1. The van der Waals surface area contributed by atoms with Crippen molar-refractivity contribution in [1.29, 1.82) is 0 Å². The zero-order valence-corrected chi connectivity index (χ0v) is 33.8. The lowest BCUT2D eigenvalue weighted by atomic mass is 9.86. The first-order valence-corrected chi connectivity index (χ1v) is 20.8. The molecule has 2 bridgehead atoms. The third-order valence-electron chi connectivity index (χ3n) is 11.6. The van der Waals surface area contributed by atoms with Crippen LogP contribution in [0.25, 0.3) is 10.9 Å². The van der Waals surface area contributed by atoms with Gasteiger partial charge in [-0.05, 0) is 115 Å². The van der Waals surface area contributed by atoms with Gasteiger partial charge in [-0.2, -0.15) is 0 Å². The third kappa shape index (κ3) is 10.5. The van der Waals surface area contributed by atoms with Gasteiger partial charge in [0.25, 0.3) is 0 Å². The van der Waals surface area contributed by atoms with Crippen molar-refractivity contribution in [3.63, 3.8) is 0 Å². The lowest BCUT2D eigenvalue weighted by molar-refractivity contribution is -0.0336. The number of hydrogen-bond acceptors (Lipinski definition) is 10. The van der Waals surface area contributed by atoms with Crippen LogP contribution in [0, 0.1) is 5.92 Å². The molecule has 12 heteroatoms. The summed E-state index contributed by atoms with van der Waals surface area (Å²) in [4.78, 5) is 43.2. The second-order valence-electron chi connectivity index (χ2n) is 15.8. The molecule has 2 unspecified atom stereocenters. The molecule has 3 atom stereocenters. The Balaban J connectivity index is 0.822. The maximum atomic E-state index is 13.3. The molecule has 6 aromatic rings. The van der Waals surface area contributed by atoms with E-state index in [0.29, 0.717) is 46.7 Å². The van der Waals surface area contributed by atoms with Crippen molar-refractivity contribution in [2.45, 2.75) is 50.7 Å². The average Bonchev–Trinajstić information content (AvgIpc) is 3.29. The number of carbonyl (C=O) groups is 2. The number of pyridine rings is 1. The smallest absolute Gasteiger partial charge is 0.408 e. The van der Waals surface area contributed by atoms with E-state index in [1.54, 1.807) is 30.3 Å². The normalized spacial score (nSPS) is 18.0. The van der Waals surface area contributed by atoms with Crippen LogP contribution in [0.3, 0.4) is 0 Å². The fourth-order valence-electron chi connectivity index (χ4n) is 8.32. The number of phenols is 1. The number of piperidine rings is 3. The first-order chi connectivity index (χ1) is 29.8. The predicted molar refractivity (Wildman–Crippen MR) is 231 cm³/mol. The Labute approximate surface area is 354 Å². The molecule has 3 aliphatic rings. The topological polar surface area (TPSA) is 162 Å². The van der Waals surface area contributed by atoms with Crippen LogP contribution >= 0.6 is 0 Å². The van der Waals surface area contributed by atoms with Crippen molar-refractivity contribution >= 4 is 23.0 Å². The number of phenolic OH excluding ortho intramolecular Hbond substituents is 1. The van der Waals surface area contributed by atoms with Gasteiger partial charge in [-0.15, -0.1) is 0 Å². The number of fused-ring (bicyclic) bond motifs is 4. The van der Waals surface area contributed by atoms with E-state index in [1.165, 1.54) is 12.1 Å². The summed E-state index contributed by atoms with van der Waals surface area (Å²) in [5, 5.41) is 28.0. The van der Waals surface area contributed by atoms with Gasteiger partial charge in [-0.25, -0.2) is 9.59 Å². The van der Waals surface area contributed by atoms with E-state index in [1.807, 2.05) is 84.9 Å². The van der Waals surface area contributed by atoms with Crippen LogP contribution in [0.1, 0.15) is 68.7 Å². The number of rotatable bonds is 16. The molecule has 1 aromatic heterocycles. The summed E-state index contributed by atoms with van der Waals surface area (Å²) in [7, 11) is 0. The van der Waals surface area contributed by atoms with Crippen LogP contribution in [-0.2, 0) is 29.1 Å². The van der Waals surface area contributed by atoms with E-state index in [-0.39, 0.29) is 37.2 Å². The summed E-state index contributed by atoms with van der Waals surface area (Å²) in [5.41, 5.74) is 5.45. The number of benzene rings is 5. The van der Waals surface area contributed by atoms with Gasteiger partial charge in [-0.3, -0.25) is 9.69 Å². The van der Waals surface area contributed by atoms with Crippen LogP contribution in [0.2, 0.25) is 0 Å². The molecule has 0 spiro atoms. The van der Waals surface area contributed by atoms with Gasteiger partial charge >= 0.3 is 12.1 Å². The monoisotopic (exact) mass is 822 g/mol. The molecular weight excluding hydrogens is 773 g/mol. The van der Waals surface area contributed by atoms with E-state index >= 15 is 0 Å². The highest BCUT2D eigenvalue weighted by atomic mass is 16.6. The molecule has 5 aromatic carbocycles. The number of carbonyl (C=O) groups excluding carboxylic acids is 2. The van der Waals surface area contributed by atoms with Gasteiger partial charge in [0.05, 0.1) is 23.2 Å². The molecule has 3 saturated heterocycles. The van der Waals surface area contributed by atoms with Gasteiger partial charge in [0.1, 0.15) is 30.8 Å². The minimum atomic E-state index is -0.852. The number of amides is 1. The molecule has 61 heavy (non-hydrogen) atoms. The number of aromatic hydroxyl groups is 1. The number of aromatic amines is 1. The number of nitrogens with zero attached hydrogens (tertiary/aromatic N) is 1. The second-order valence-corrected chi connectivity index (χ2v) is 15.8. The van der Waals surface area contributed by atoms with E-state index in [2.05, 4.69) is 20.5 Å². The largest absolute Gasteiger partial charge is 0.506 e. The molecule has 9 rings (SSSR count). The van der Waals surface area contributed by atoms with Crippen LogP contribution in [0.15, 0.2) is 132 Å². The number of hydrogen-bond donors (Lipinski definition) is 5. The quantitative estimate of drug-likeness (QED) is 0.0511. The minimum absolute atomic E-state index is 0.0534. The average molecular weight is 823 g/mol. The van der Waals surface area contributed by atoms with Crippen LogP contribution in [-0.4, -0.2) is 71.0 Å². The maximum absolute atomic E-state index is 13.3. The number of H-pyrrole nitrogens is 1. The van der Waals surface area contributed by atoms with Crippen molar-refractivity contribution in [3.8, 4) is 11.5 Å². The van der Waals surface area contributed by atoms with E-state index in [4.69, 9.17) is 14.2 Å². The summed E-state index contributed by atoms with van der Waals surface area (Å²) in [5.74, 6) is 0.530. The Morgan fingerprint density at radius 3 is 2.36 bits per heavy atom. The Kier molecular flexibility index (Phi) is 13.0. The van der Waals surface area contributed by atoms with Crippen molar-refractivity contribution < 1.29 is 34.0 Å². The summed E-state index contributed by atoms with van der Waals surface area (Å²) in [6.45, 7) is 4.11. The fourth-order valence-corrected chi connectivity index (χ4v) is 8.32. The number of nitrogens with one attached hydrogen (secondary N) is 3. The van der Waals surface area contributed by atoms with Gasteiger partial charge in [0.2, 0.25) is 5.56 Å². The SMILES string of the molecule is O=C(NC(c1ccccc1)c1cccc(OCc2cccc(C(=O)OCc3cccc(CCNCC(O)c4ccc(O)c5[nH]c(=O)ccc45)c3)c2)c1)O[C@H]1CN2CCC1CC2. The highest BCUT2D eigenvalue weighted by Gasteiger charge is 2.37. The number of ether oxygens (including phenoxy) is 3. The van der Waals surface area contributed by atoms with E-state index < -0.39 is 24.2 Å². The number of esters is 1. The van der Waals surface area contributed by atoms with Crippen LogP contribution in [0.4, 0.5) is 4.79 Å². The Morgan fingerprint density at radius 1 is 0.803 bits per heavy atom. The minimum Gasteiger partial charge on any atom is -0.506 e. The first-order valence-electron chi connectivity index (χ1n) is 20.8. The molecule has 4 heterocycles. The van der Waals surface area contributed by atoms with Gasteiger partial charge in [0.15, 0.2) is 0 Å². The van der Waals surface area contributed by atoms with Crippen molar-refractivity contribution in [2.75, 3.05) is 32.7 Å². The zero-order valence-electron chi connectivity index (χ0n) is 33.8. The molecule has 3 fully saturated rings. The summed E-state index contributed by atoms with van der Waals surface area (Å²) in [6.07, 6.45) is 1.42. The molecule has 0 radical (unpaired) electrons. The van der Waals surface area contributed by atoms with Crippen molar-refractivity contribution in [2.24, 2.45) is 5.92 Å². The molecular formula is C49H50N4O8. The lowest BCUT2D eigenvalue weighted by Crippen LogP contribution is -2.52. The molecule has 5 N–H and O–H groups in total. The molecule has 0 saturated carbocycles. The predicted octanol–water partition coefficient (Wildman–Crippen LogP) is 6.95. The van der Waals surface area contributed by atoms with Crippen molar-refractivity contribution in [1.82, 2.24) is 20.5 Å². The molecule has 3 aliphatic heterocycles. The lowest BCUT2D eigenvalue weighted by Gasteiger charge is -2.43. The Morgan fingerprint density at radius 2 is 1.56 bits per heavy atom. The van der Waals surface area contributed by atoms with Gasteiger partial charge < -0.3 is 40.0 Å². The molecule has 314 valence electrons. The summed E-state index contributed by atoms with van der Waals surface area (Å²) in [6, 6.07) is 38.1. The number of alkyl carbamates (subject to hydrolysis) is 1. The molecule has 1 amide bonds. The molecule has 12 nitrogen and oxygen atoms in total. The Hall–Kier alpha value is -6.47. The third-order valence-corrected chi connectivity index (χ3v) is 11.6. The summed E-state index contributed by atoms with van der Waals surface area (Å²) < 4.78 is 17.9. The second kappa shape index (κ2) is 19.3. The van der Waals surface area contributed by atoms with E-state index in [9.17, 15) is 24.6 Å². The van der Waals surface area contributed by atoms with Crippen LogP contribution in [0.5, 0.6) is 11.5 Å². The maximum Gasteiger partial charge on any atom is 0.408 e. The van der Waals surface area contributed by atoms with Gasteiger partial charge in [-0.1, -0.05) is 84.9 Å².